The van der Waals surface area contributed by atoms with E-state index >= 15 is 0 Å². The van der Waals surface area contributed by atoms with Gasteiger partial charge in [0.2, 0.25) is 0 Å². The number of nitrogens with zero attached hydrogens (tertiary/aromatic N) is 2. The number of rotatable bonds is 2. The van der Waals surface area contributed by atoms with E-state index in [9.17, 15) is 4.79 Å². The zero-order valence-corrected chi connectivity index (χ0v) is 10.8. The average molecular weight is 262 g/mol. The Bertz CT molecular complexity index is 599. The molecule has 1 aromatic heterocycles. The third-order valence-corrected chi connectivity index (χ3v) is 2.93. The SMILES string of the molecule is Cc1ccc(C(=O)Nc2nccnc2Cl)cc1C. The highest BCUT2D eigenvalue weighted by atomic mass is 35.5. The van der Waals surface area contributed by atoms with Gasteiger partial charge in [-0.15, -0.1) is 0 Å². The molecule has 1 heterocycles. The van der Waals surface area contributed by atoms with Gasteiger partial charge in [-0.3, -0.25) is 4.79 Å². The number of hydrogen-bond donors (Lipinski definition) is 1. The first kappa shape index (κ1) is 12.5. The van der Waals surface area contributed by atoms with Crippen LogP contribution in [-0.4, -0.2) is 15.9 Å². The van der Waals surface area contributed by atoms with Crippen molar-refractivity contribution < 1.29 is 4.79 Å². The molecule has 1 aromatic carbocycles. The van der Waals surface area contributed by atoms with Gasteiger partial charge in [0.15, 0.2) is 11.0 Å². The molecule has 0 aliphatic carbocycles. The monoisotopic (exact) mass is 261 g/mol. The van der Waals surface area contributed by atoms with Gasteiger partial charge in [0.25, 0.3) is 5.91 Å². The maximum atomic E-state index is 12.0. The number of aromatic nitrogens is 2. The number of carbonyl (C=O) groups is 1. The summed E-state index contributed by atoms with van der Waals surface area (Å²) in [6.45, 7) is 3.96. The minimum Gasteiger partial charge on any atom is -0.304 e. The van der Waals surface area contributed by atoms with Crippen molar-refractivity contribution in [1.29, 1.82) is 0 Å². The fourth-order valence-electron chi connectivity index (χ4n) is 1.47. The molecule has 1 N–H and O–H groups in total. The van der Waals surface area contributed by atoms with Gasteiger partial charge in [0, 0.05) is 18.0 Å². The first-order chi connectivity index (χ1) is 8.58. The number of hydrogen-bond acceptors (Lipinski definition) is 3. The molecular formula is C13H12ClN3O. The highest BCUT2D eigenvalue weighted by molar-refractivity contribution is 6.32. The van der Waals surface area contributed by atoms with Gasteiger partial charge in [-0.1, -0.05) is 17.7 Å². The van der Waals surface area contributed by atoms with Gasteiger partial charge in [0.1, 0.15) is 0 Å². The first-order valence-corrected chi connectivity index (χ1v) is 5.81. The molecule has 0 spiro atoms. The maximum Gasteiger partial charge on any atom is 0.256 e. The van der Waals surface area contributed by atoms with E-state index in [2.05, 4.69) is 15.3 Å². The molecule has 5 heteroatoms. The Morgan fingerprint density at radius 3 is 2.56 bits per heavy atom. The van der Waals surface area contributed by atoms with Crippen LogP contribution in [0.2, 0.25) is 5.15 Å². The van der Waals surface area contributed by atoms with Gasteiger partial charge in [-0.05, 0) is 37.1 Å². The van der Waals surface area contributed by atoms with Gasteiger partial charge in [0.05, 0.1) is 0 Å². The number of anilines is 1. The lowest BCUT2D eigenvalue weighted by atomic mass is 10.1. The third-order valence-electron chi connectivity index (χ3n) is 2.65. The lowest BCUT2D eigenvalue weighted by Gasteiger charge is -2.07. The van der Waals surface area contributed by atoms with Gasteiger partial charge in [-0.2, -0.15) is 0 Å². The van der Waals surface area contributed by atoms with E-state index in [0.717, 1.165) is 11.1 Å². The van der Waals surface area contributed by atoms with Crippen LogP contribution < -0.4 is 5.32 Å². The second-order valence-electron chi connectivity index (χ2n) is 3.95. The Hall–Kier alpha value is -1.94. The summed E-state index contributed by atoms with van der Waals surface area (Å²) >= 11 is 5.82. The molecule has 0 fully saturated rings. The van der Waals surface area contributed by atoms with Crippen molar-refractivity contribution in [3.63, 3.8) is 0 Å². The molecule has 2 rings (SSSR count). The van der Waals surface area contributed by atoms with E-state index in [4.69, 9.17) is 11.6 Å². The minimum atomic E-state index is -0.250. The molecule has 0 unspecified atom stereocenters. The van der Waals surface area contributed by atoms with E-state index in [1.54, 1.807) is 6.07 Å². The number of amides is 1. The molecule has 0 aliphatic heterocycles. The van der Waals surface area contributed by atoms with Gasteiger partial charge in [-0.25, -0.2) is 9.97 Å². The van der Waals surface area contributed by atoms with Crippen molar-refractivity contribution in [1.82, 2.24) is 9.97 Å². The Labute approximate surface area is 110 Å². The molecule has 92 valence electrons. The predicted octanol–water partition coefficient (Wildman–Crippen LogP) is 3.00. The van der Waals surface area contributed by atoms with E-state index in [-0.39, 0.29) is 16.9 Å². The fourth-order valence-corrected chi connectivity index (χ4v) is 1.62. The maximum absolute atomic E-state index is 12.0. The largest absolute Gasteiger partial charge is 0.304 e. The third kappa shape index (κ3) is 2.65. The molecule has 1 amide bonds. The zero-order valence-electron chi connectivity index (χ0n) is 10.1. The zero-order chi connectivity index (χ0) is 13.1. The Morgan fingerprint density at radius 2 is 1.89 bits per heavy atom. The number of aryl methyl sites for hydroxylation is 2. The van der Waals surface area contributed by atoms with Gasteiger partial charge >= 0.3 is 0 Å². The molecule has 0 atom stereocenters. The number of nitrogens with one attached hydrogen (secondary N) is 1. The highest BCUT2D eigenvalue weighted by Gasteiger charge is 2.10. The summed E-state index contributed by atoms with van der Waals surface area (Å²) in [5.41, 5.74) is 2.77. The van der Waals surface area contributed by atoms with Crippen LogP contribution in [0.15, 0.2) is 30.6 Å². The van der Waals surface area contributed by atoms with Crippen LogP contribution in [0, 0.1) is 13.8 Å². The van der Waals surface area contributed by atoms with Crippen LogP contribution in [0.25, 0.3) is 0 Å². The molecule has 18 heavy (non-hydrogen) atoms. The molecule has 0 saturated carbocycles. The Morgan fingerprint density at radius 1 is 1.17 bits per heavy atom. The number of benzene rings is 1. The molecule has 0 radical (unpaired) electrons. The van der Waals surface area contributed by atoms with Crippen LogP contribution in [0.3, 0.4) is 0 Å². The van der Waals surface area contributed by atoms with Crippen molar-refractivity contribution >= 4 is 23.3 Å². The van der Waals surface area contributed by atoms with E-state index < -0.39 is 0 Å². The fraction of sp³-hybridized carbons (Fsp3) is 0.154. The van der Waals surface area contributed by atoms with Crippen LogP contribution in [0.1, 0.15) is 21.5 Å². The van der Waals surface area contributed by atoms with Crippen molar-refractivity contribution in [3.05, 3.63) is 52.4 Å². The number of halogens is 1. The van der Waals surface area contributed by atoms with Crippen molar-refractivity contribution in [2.24, 2.45) is 0 Å². The van der Waals surface area contributed by atoms with Crippen molar-refractivity contribution in [2.45, 2.75) is 13.8 Å². The average Bonchev–Trinajstić information content (AvgIpc) is 2.35. The smallest absolute Gasteiger partial charge is 0.256 e. The van der Waals surface area contributed by atoms with E-state index in [1.807, 2.05) is 26.0 Å². The summed E-state index contributed by atoms with van der Waals surface area (Å²) < 4.78 is 0. The summed E-state index contributed by atoms with van der Waals surface area (Å²) in [6.07, 6.45) is 2.94. The van der Waals surface area contributed by atoms with Crippen molar-refractivity contribution in [3.8, 4) is 0 Å². The second kappa shape index (κ2) is 5.14. The van der Waals surface area contributed by atoms with Crippen molar-refractivity contribution in [2.75, 3.05) is 5.32 Å². The van der Waals surface area contributed by atoms with Crippen LogP contribution in [0.4, 0.5) is 5.82 Å². The molecule has 0 aliphatic rings. The predicted molar refractivity (Wildman–Crippen MR) is 70.9 cm³/mol. The summed E-state index contributed by atoms with van der Waals surface area (Å²) in [5, 5.41) is 2.80. The summed E-state index contributed by atoms with van der Waals surface area (Å²) in [5.74, 6) is 0.0166. The molecule has 4 nitrogen and oxygen atoms in total. The van der Waals surface area contributed by atoms with Crippen LogP contribution in [0.5, 0.6) is 0 Å². The normalized spacial score (nSPS) is 10.2. The Kier molecular flexibility index (Phi) is 3.58. The number of carbonyl (C=O) groups excluding carboxylic acids is 1. The van der Waals surface area contributed by atoms with E-state index in [1.165, 1.54) is 12.4 Å². The lowest BCUT2D eigenvalue weighted by molar-refractivity contribution is 0.102. The van der Waals surface area contributed by atoms with E-state index in [0.29, 0.717) is 5.56 Å². The lowest BCUT2D eigenvalue weighted by Crippen LogP contribution is -2.13. The quantitative estimate of drug-likeness (QED) is 0.904. The van der Waals surface area contributed by atoms with Crippen LogP contribution in [-0.2, 0) is 0 Å². The molecule has 0 bridgehead atoms. The van der Waals surface area contributed by atoms with Crippen LogP contribution >= 0.6 is 11.6 Å². The molecule has 0 saturated heterocycles. The topological polar surface area (TPSA) is 54.9 Å². The minimum absolute atomic E-state index is 0.176. The first-order valence-electron chi connectivity index (χ1n) is 5.43. The Balaban J connectivity index is 2.22. The summed E-state index contributed by atoms with van der Waals surface area (Å²) in [4.78, 5) is 19.8. The standard InChI is InChI=1S/C13H12ClN3O/c1-8-3-4-10(7-9(8)2)13(18)17-12-11(14)15-5-6-16-12/h3-7H,1-2H3,(H,16,17,18). The highest BCUT2D eigenvalue weighted by Crippen LogP contribution is 2.16. The summed E-state index contributed by atoms with van der Waals surface area (Å²) in [7, 11) is 0. The molecule has 2 aromatic rings. The summed E-state index contributed by atoms with van der Waals surface area (Å²) in [6, 6.07) is 5.50. The van der Waals surface area contributed by atoms with Gasteiger partial charge < -0.3 is 5.32 Å². The second-order valence-corrected chi connectivity index (χ2v) is 4.31. The molecular weight excluding hydrogens is 250 g/mol.